The van der Waals surface area contributed by atoms with Crippen molar-refractivity contribution in [1.29, 1.82) is 0 Å². The number of rotatable bonds is 6. The third-order valence-corrected chi connectivity index (χ3v) is 3.26. The van der Waals surface area contributed by atoms with Crippen LogP contribution in [-0.2, 0) is 9.59 Å². The Kier molecular flexibility index (Phi) is 5.09. The zero-order chi connectivity index (χ0) is 16.3. The van der Waals surface area contributed by atoms with Crippen LogP contribution in [-0.4, -0.2) is 41.6 Å². The van der Waals surface area contributed by atoms with Crippen LogP contribution in [0.5, 0.6) is 5.75 Å². The molecule has 0 aromatic heterocycles. The van der Waals surface area contributed by atoms with E-state index >= 15 is 0 Å². The second-order valence-corrected chi connectivity index (χ2v) is 5.14. The molecule has 0 radical (unpaired) electrons. The summed E-state index contributed by atoms with van der Waals surface area (Å²) in [5, 5.41) is 11.4. The Morgan fingerprint density at radius 1 is 1.36 bits per heavy atom. The molecule has 1 aromatic carbocycles. The van der Waals surface area contributed by atoms with Gasteiger partial charge in [0.15, 0.2) is 5.75 Å². The first-order valence-electron chi connectivity index (χ1n) is 6.12. The number of hydrogen-bond acceptors (Lipinski definition) is 5. The summed E-state index contributed by atoms with van der Waals surface area (Å²) in [6, 6.07) is 4.30. The number of aliphatic hydroxyl groups is 1. The van der Waals surface area contributed by atoms with Crippen molar-refractivity contribution < 1.29 is 28.2 Å². The smallest absolute Gasteiger partial charge is 0.387 e. The Morgan fingerprint density at radius 2 is 2.09 bits per heavy atom. The van der Waals surface area contributed by atoms with E-state index in [9.17, 15) is 18.4 Å². The fourth-order valence-electron chi connectivity index (χ4n) is 1.85. The first-order valence-corrected chi connectivity index (χ1v) is 6.91. The van der Waals surface area contributed by atoms with Gasteiger partial charge < -0.3 is 15.2 Å². The monoisotopic (exact) mass is 376 g/mol. The fourth-order valence-corrected chi connectivity index (χ4v) is 2.19. The molecule has 6 nitrogen and oxygen atoms in total. The quantitative estimate of drug-likeness (QED) is 0.738. The lowest BCUT2D eigenvalue weighted by Gasteiger charge is -2.15. The molecule has 0 atom stereocenters. The number of hydrogen-bond donors (Lipinski definition) is 2. The molecule has 0 aliphatic carbocycles. The lowest BCUT2D eigenvalue weighted by Crippen LogP contribution is -2.34. The number of β-amino-alcohol motifs (C(OH)–C–C–N with tert-alkyl or cyclic N) is 1. The van der Waals surface area contributed by atoms with Crippen molar-refractivity contribution in [1.82, 2.24) is 4.90 Å². The molecule has 2 N–H and O–H groups in total. The molecule has 2 amide bonds. The zero-order valence-corrected chi connectivity index (χ0v) is 12.6. The van der Waals surface area contributed by atoms with Crippen LogP contribution < -0.4 is 10.1 Å². The molecule has 118 valence electrons. The molecular weight excluding hydrogens is 366 g/mol. The molecule has 0 bridgehead atoms. The van der Waals surface area contributed by atoms with Gasteiger partial charge in [-0.1, -0.05) is 15.9 Å². The average Bonchev–Trinajstić information content (AvgIpc) is 2.69. The van der Waals surface area contributed by atoms with Crippen LogP contribution in [0.1, 0.15) is 0 Å². The molecule has 0 spiro atoms. The third kappa shape index (κ3) is 3.60. The maximum Gasteiger partial charge on any atom is 0.387 e. The first kappa shape index (κ1) is 16.4. The van der Waals surface area contributed by atoms with E-state index < -0.39 is 18.4 Å². The van der Waals surface area contributed by atoms with Crippen LogP contribution >= 0.6 is 15.9 Å². The summed E-state index contributed by atoms with van der Waals surface area (Å²) in [5.74, 6) is -1.41. The summed E-state index contributed by atoms with van der Waals surface area (Å²) in [4.78, 5) is 24.4. The number of nitrogens with one attached hydrogen (secondary N) is 1. The third-order valence-electron chi connectivity index (χ3n) is 2.76. The van der Waals surface area contributed by atoms with Crippen molar-refractivity contribution >= 4 is 33.4 Å². The number of alkyl halides is 2. The van der Waals surface area contributed by atoms with E-state index in [2.05, 4.69) is 26.0 Å². The number of carbonyl (C=O) groups excluding carboxylic acids is 2. The van der Waals surface area contributed by atoms with Gasteiger partial charge in [-0.25, -0.2) is 0 Å². The van der Waals surface area contributed by atoms with Gasteiger partial charge in [0.2, 0.25) is 0 Å². The Balaban J connectivity index is 2.22. The predicted octanol–water partition coefficient (Wildman–Crippen LogP) is 1.71. The van der Waals surface area contributed by atoms with Gasteiger partial charge in [0.1, 0.15) is 5.70 Å². The highest BCUT2D eigenvalue weighted by atomic mass is 79.9. The van der Waals surface area contributed by atoms with Gasteiger partial charge in [-0.3, -0.25) is 14.5 Å². The van der Waals surface area contributed by atoms with Crippen LogP contribution in [0.2, 0.25) is 0 Å². The first-order chi connectivity index (χ1) is 10.4. The molecule has 1 aromatic rings. The standard InChI is InChI=1S/C13H11BrF2N2O4/c14-7-1-2-8(10(5-7)22-13(15)16)17-9-6-11(20)18(3-4-19)12(9)21/h1-2,5-6,13,17,19H,3-4H2. The molecule has 0 saturated heterocycles. The van der Waals surface area contributed by atoms with Crippen molar-refractivity contribution in [3.05, 3.63) is 34.4 Å². The molecule has 2 rings (SSSR count). The molecule has 0 saturated carbocycles. The van der Waals surface area contributed by atoms with E-state index in [4.69, 9.17) is 5.11 Å². The Morgan fingerprint density at radius 3 is 2.73 bits per heavy atom. The van der Waals surface area contributed by atoms with Crippen LogP contribution in [0.15, 0.2) is 34.4 Å². The van der Waals surface area contributed by atoms with Crippen molar-refractivity contribution in [2.24, 2.45) is 0 Å². The summed E-state index contributed by atoms with van der Waals surface area (Å²) in [5.41, 5.74) is 0.0293. The summed E-state index contributed by atoms with van der Waals surface area (Å²) >= 11 is 3.13. The Labute approximate surface area is 132 Å². The topological polar surface area (TPSA) is 78.9 Å². The fraction of sp³-hybridized carbons (Fsp3) is 0.231. The van der Waals surface area contributed by atoms with Gasteiger partial charge in [0.25, 0.3) is 11.8 Å². The highest BCUT2D eigenvalue weighted by molar-refractivity contribution is 9.10. The van der Waals surface area contributed by atoms with Gasteiger partial charge in [0, 0.05) is 10.5 Å². The minimum absolute atomic E-state index is 0.0834. The predicted molar refractivity (Wildman–Crippen MR) is 76.3 cm³/mol. The highest BCUT2D eigenvalue weighted by Crippen LogP contribution is 2.31. The van der Waals surface area contributed by atoms with Gasteiger partial charge in [-0.05, 0) is 18.2 Å². The van der Waals surface area contributed by atoms with E-state index in [-0.39, 0.29) is 30.3 Å². The van der Waals surface area contributed by atoms with Crippen molar-refractivity contribution in [3.8, 4) is 5.75 Å². The van der Waals surface area contributed by atoms with Gasteiger partial charge in [-0.2, -0.15) is 8.78 Å². The summed E-state index contributed by atoms with van der Waals surface area (Å²) in [7, 11) is 0. The Bertz CT molecular complexity index is 636. The maximum absolute atomic E-state index is 12.4. The lowest BCUT2D eigenvalue weighted by molar-refractivity contribution is -0.137. The number of aliphatic hydroxyl groups excluding tert-OH is 1. The summed E-state index contributed by atoms with van der Waals surface area (Å²) in [6.07, 6.45) is 1.03. The minimum atomic E-state index is -3.03. The molecular formula is C13H11BrF2N2O4. The van der Waals surface area contributed by atoms with E-state index in [0.717, 1.165) is 11.0 Å². The second kappa shape index (κ2) is 6.84. The lowest BCUT2D eigenvalue weighted by atomic mass is 10.2. The summed E-state index contributed by atoms with van der Waals surface area (Å²) in [6.45, 7) is -3.54. The van der Waals surface area contributed by atoms with Crippen molar-refractivity contribution in [2.45, 2.75) is 6.61 Å². The number of nitrogens with zero attached hydrogens (tertiary/aromatic N) is 1. The molecule has 1 aliphatic rings. The molecule has 1 aliphatic heterocycles. The van der Waals surface area contributed by atoms with Crippen molar-refractivity contribution in [3.63, 3.8) is 0 Å². The number of ether oxygens (including phenoxy) is 1. The van der Waals surface area contributed by atoms with Crippen LogP contribution in [0.25, 0.3) is 0 Å². The number of benzene rings is 1. The zero-order valence-electron chi connectivity index (χ0n) is 11.1. The molecule has 0 unspecified atom stereocenters. The number of imide groups is 1. The van der Waals surface area contributed by atoms with Gasteiger partial charge in [0.05, 0.1) is 18.8 Å². The molecule has 0 fully saturated rings. The van der Waals surface area contributed by atoms with Crippen LogP contribution in [0.4, 0.5) is 14.5 Å². The van der Waals surface area contributed by atoms with Gasteiger partial charge >= 0.3 is 6.61 Å². The number of anilines is 1. The SMILES string of the molecule is O=C1C=C(Nc2ccc(Br)cc2OC(F)F)C(=O)N1CCO. The number of halogens is 3. The van der Waals surface area contributed by atoms with E-state index in [1.807, 2.05) is 0 Å². The molecule has 9 heteroatoms. The van der Waals surface area contributed by atoms with E-state index in [0.29, 0.717) is 4.47 Å². The maximum atomic E-state index is 12.4. The van der Waals surface area contributed by atoms with E-state index in [1.54, 1.807) is 6.07 Å². The minimum Gasteiger partial charge on any atom is -0.433 e. The van der Waals surface area contributed by atoms with Crippen molar-refractivity contribution in [2.75, 3.05) is 18.5 Å². The summed E-state index contributed by atoms with van der Waals surface area (Å²) < 4.78 is 29.7. The molecule has 1 heterocycles. The second-order valence-electron chi connectivity index (χ2n) is 4.22. The van der Waals surface area contributed by atoms with Gasteiger partial charge in [-0.15, -0.1) is 0 Å². The largest absolute Gasteiger partial charge is 0.433 e. The number of amides is 2. The Hall–Kier alpha value is -2.00. The van der Waals surface area contributed by atoms with Crippen LogP contribution in [0.3, 0.4) is 0 Å². The highest BCUT2D eigenvalue weighted by Gasteiger charge is 2.31. The normalized spacial score (nSPS) is 14.6. The van der Waals surface area contributed by atoms with E-state index in [1.165, 1.54) is 12.1 Å². The molecule has 22 heavy (non-hydrogen) atoms. The van der Waals surface area contributed by atoms with Crippen LogP contribution in [0, 0.1) is 0 Å². The number of carbonyl (C=O) groups is 2. The average molecular weight is 377 g/mol.